The van der Waals surface area contributed by atoms with Gasteiger partial charge in [-0.25, -0.2) is 13.2 Å². The van der Waals surface area contributed by atoms with Crippen molar-refractivity contribution < 1.29 is 18.3 Å². The average molecular weight is 373 g/mol. The number of anilines is 1. The SMILES string of the molecule is Cc1[nH]c(C(=O)O)c(C)c1S(=O)(=O)Nc1ccccc1Br. The maximum absolute atomic E-state index is 12.5. The number of carbonyl (C=O) groups is 1. The molecule has 0 radical (unpaired) electrons. The third-order valence-electron chi connectivity index (χ3n) is 2.97. The van der Waals surface area contributed by atoms with Crippen LogP contribution >= 0.6 is 15.9 Å². The van der Waals surface area contributed by atoms with Crippen LogP contribution in [0.5, 0.6) is 0 Å². The molecule has 0 bridgehead atoms. The molecular formula is C13H13BrN2O4S. The second-order valence-electron chi connectivity index (χ2n) is 4.47. The summed E-state index contributed by atoms with van der Waals surface area (Å²) in [5, 5.41) is 9.05. The molecule has 0 fully saturated rings. The van der Waals surface area contributed by atoms with Crippen LogP contribution < -0.4 is 4.72 Å². The second kappa shape index (κ2) is 5.53. The molecular weight excluding hydrogens is 360 g/mol. The number of rotatable bonds is 4. The molecule has 0 aliphatic rings. The predicted octanol–water partition coefficient (Wildman–Crippen LogP) is 2.89. The molecule has 0 unspecified atom stereocenters. The lowest BCUT2D eigenvalue weighted by atomic mass is 10.2. The number of sulfonamides is 1. The Morgan fingerprint density at radius 2 is 1.90 bits per heavy atom. The number of hydrogen-bond donors (Lipinski definition) is 3. The number of para-hydroxylation sites is 1. The molecule has 2 rings (SSSR count). The van der Waals surface area contributed by atoms with E-state index in [0.29, 0.717) is 10.2 Å². The highest BCUT2D eigenvalue weighted by Gasteiger charge is 2.26. The zero-order valence-electron chi connectivity index (χ0n) is 11.3. The molecule has 8 heteroatoms. The van der Waals surface area contributed by atoms with Crippen molar-refractivity contribution >= 4 is 37.6 Å². The van der Waals surface area contributed by atoms with Crippen molar-refractivity contribution in [2.24, 2.45) is 0 Å². The van der Waals surface area contributed by atoms with Gasteiger partial charge in [0.2, 0.25) is 0 Å². The number of aryl methyl sites for hydroxylation is 1. The Morgan fingerprint density at radius 1 is 1.29 bits per heavy atom. The molecule has 21 heavy (non-hydrogen) atoms. The third-order valence-corrected chi connectivity index (χ3v) is 5.30. The van der Waals surface area contributed by atoms with Crippen LogP contribution in [0.3, 0.4) is 0 Å². The maximum Gasteiger partial charge on any atom is 0.352 e. The molecule has 2 aromatic rings. The minimum absolute atomic E-state index is 0.0457. The smallest absolute Gasteiger partial charge is 0.352 e. The highest BCUT2D eigenvalue weighted by Crippen LogP contribution is 2.28. The first kappa shape index (κ1) is 15.6. The molecule has 0 aliphatic carbocycles. The van der Waals surface area contributed by atoms with Gasteiger partial charge in [-0.1, -0.05) is 12.1 Å². The minimum atomic E-state index is -3.88. The topological polar surface area (TPSA) is 99.3 Å². The van der Waals surface area contributed by atoms with Crippen molar-refractivity contribution in [1.82, 2.24) is 4.98 Å². The Bertz CT molecular complexity index is 812. The van der Waals surface area contributed by atoms with E-state index >= 15 is 0 Å². The normalized spacial score (nSPS) is 11.4. The summed E-state index contributed by atoms with van der Waals surface area (Å²) in [4.78, 5) is 13.6. The first-order valence-corrected chi connectivity index (χ1v) is 8.21. The van der Waals surface area contributed by atoms with E-state index in [-0.39, 0.29) is 21.8 Å². The van der Waals surface area contributed by atoms with Crippen molar-refractivity contribution in [2.45, 2.75) is 18.7 Å². The van der Waals surface area contributed by atoms with Crippen LogP contribution in [-0.4, -0.2) is 24.5 Å². The van der Waals surface area contributed by atoms with Gasteiger partial charge in [-0.05, 0) is 41.9 Å². The molecule has 112 valence electrons. The van der Waals surface area contributed by atoms with Crippen LogP contribution in [-0.2, 0) is 10.0 Å². The number of carboxylic acids is 1. The Balaban J connectivity index is 2.51. The molecule has 3 N–H and O–H groups in total. The van der Waals surface area contributed by atoms with Gasteiger partial charge in [-0.2, -0.15) is 0 Å². The van der Waals surface area contributed by atoms with Gasteiger partial charge in [-0.15, -0.1) is 0 Å². The first-order chi connectivity index (χ1) is 9.74. The Kier molecular flexibility index (Phi) is 4.11. The Hall–Kier alpha value is -1.80. The zero-order chi connectivity index (χ0) is 15.8. The van der Waals surface area contributed by atoms with Gasteiger partial charge in [0.15, 0.2) is 0 Å². The second-order valence-corrected chi connectivity index (χ2v) is 6.94. The summed E-state index contributed by atoms with van der Waals surface area (Å²) in [5.74, 6) is -1.20. The van der Waals surface area contributed by atoms with Crippen LogP contribution in [0.25, 0.3) is 0 Å². The van der Waals surface area contributed by atoms with E-state index in [4.69, 9.17) is 5.11 Å². The van der Waals surface area contributed by atoms with Gasteiger partial charge < -0.3 is 10.1 Å². The van der Waals surface area contributed by atoms with E-state index in [9.17, 15) is 13.2 Å². The molecule has 0 aliphatic heterocycles. The van der Waals surface area contributed by atoms with Crippen molar-refractivity contribution in [3.63, 3.8) is 0 Å². The monoisotopic (exact) mass is 372 g/mol. The van der Waals surface area contributed by atoms with Crippen molar-refractivity contribution in [1.29, 1.82) is 0 Å². The quantitative estimate of drug-likeness (QED) is 0.767. The lowest BCUT2D eigenvalue weighted by Gasteiger charge is -2.10. The number of nitrogens with one attached hydrogen (secondary N) is 2. The number of hydrogen-bond acceptors (Lipinski definition) is 3. The maximum atomic E-state index is 12.5. The summed E-state index contributed by atoms with van der Waals surface area (Å²) in [7, 11) is -3.88. The molecule has 1 heterocycles. The predicted molar refractivity (Wildman–Crippen MR) is 82.2 cm³/mol. The molecule has 0 saturated heterocycles. The van der Waals surface area contributed by atoms with Gasteiger partial charge in [0.25, 0.3) is 10.0 Å². The number of aromatic amines is 1. The number of aromatic carboxylic acids is 1. The van der Waals surface area contributed by atoms with E-state index in [0.717, 1.165) is 0 Å². The third kappa shape index (κ3) is 2.96. The molecule has 1 aromatic carbocycles. The van der Waals surface area contributed by atoms with Crippen LogP contribution in [0, 0.1) is 13.8 Å². The highest BCUT2D eigenvalue weighted by atomic mass is 79.9. The first-order valence-electron chi connectivity index (χ1n) is 5.94. The molecule has 6 nitrogen and oxygen atoms in total. The number of carboxylic acid groups (broad SMARTS) is 1. The molecule has 0 saturated carbocycles. The van der Waals surface area contributed by atoms with Crippen molar-refractivity contribution in [2.75, 3.05) is 4.72 Å². The zero-order valence-corrected chi connectivity index (χ0v) is 13.7. The van der Waals surface area contributed by atoms with E-state index in [1.807, 2.05) is 0 Å². The number of benzene rings is 1. The molecule has 0 spiro atoms. The largest absolute Gasteiger partial charge is 0.477 e. The fourth-order valence-corrected chi connectivity index (χ4v) is 4.13. The highest BCUT2D eigenvalue weighted by molar-refractivity contribution is 9.10. The van der Waals surface area contributed by atoms with Crippen molar-refractivity contribution in [3.8, 4) is 0 Å². The summed E-state index contributed by atoms with van der Waals surface area (Å²) >= 11 is 3.26. The van der Waals surface area contributed by atoms with E-state index in [2.05, 4.69) is 25.6 Å². The van der Waals surface area contributed by atoms with E-state index < -0.39 is 16.0 Å². The molecule has 0 amide bonds. The van der Waals surface area contributed by atoms with Crippen LogP contribution in [0.1, 0.15) is 21.7 Å². The number of aromatic nitrogens is 1. The summed E-state index contributed by atoms with van der Waals surface area (Å²) < 4.78 is 28.0. The van der Waals surface area contributed by atoms with Crippen molar-refractivity contribution in [3.05, 3.63) is 45.7 Å². The number of H-pyrrole nitrogens is 1. The summed E-state index contributed by atoms with van der Waals surface area (Å²) in [6, 6.07) is 6.77. The van der Waals surface area contributed by atoms with Crippen LogP contribution in [0.4, 0.5) is 5.69 Å². The van der Waals surface area contributed by atoms with Gasteiger partial charge in [-0.3, -0.25) is 4.72 Å². The lowest BCUT2D eigenvalue weighted by molar-refractivity contribution is 0.0690. The van der Waals surface area contributed by atoms with Crippen LogP contribution in [0.15, 0.2) is 33.6 Å². The minimum Gasteiger partial charge on any atom is -0.477 e. The van der Waals surface area contributed by atoms with Gasteiger partial charge >= 0.3 is 5.97 Å². The molecule has 0 atom stereocenters. The Labute approximate surface area is 130 Å². The summed E-state index contributed by atoms with van der Waals surface area (Å²) in [5.41, 5.74) is 0.721. The lowest BCUT2D eigenvalue weighted by Crippen LogP contribution is -2.15. The molecule has 1 aromatic heterocycles. The standard InChI is InChI=1S/C13H13BrN2O4S/c1-7-11(13(17)18)15-8(2)12(7)21(19,20)16-10-6-4-3-5-9(10)14/h3-6,15-16H,1-2H3,(H,17,18). The van der Waals surface area contributed by atoms with E-state index in [1.165, 1.54) is 13.8 Å². The number of halogens is 1. The van der Waals surface area contributed by atoms with Gasteiger partial charge in [0.1, 0.15) is 10.6 Å². The average Bonchev–Trinajstić information content (AvgIpc) is 2.68. The Morgan fingerprint density at radius 3 is 2.43 bits per heavy atom. The van der Waals surface area contributed by atoms with E-state index in [1.54, 1.807) is 24.3 Å². The summed E-state index contributed by atoms with van der Waals surface area (Å²) in [6.07, 6.45) is 0. The van der Waals surface area contributed by atoms with Gasteiger partial charge in [0.05, 0.1) is 5.69 Å². The van der Waals surface area contributed by atoms with Gasteiger partial charge in [0, 0.05) is 15.7 Å². The fourth-order valence-electron chi connectivity index (χ4n) is 2.09. The van der Waals surface area contributed by atoms with Crippen LogP contribution in [0.2, 0.25) is 0 Å². The fraction of sp³-hybridized carbons (Fsp3) is 0.154. The summed E-state index contributed by atoms with van der Waals surface area (Å²) in [6.45, 7) is 2.98.